The van der Waals surface area contributed by atoms with E-state index in [2.05, 4.69) is 10.0 Å². The normalized spacial score (nSPS) is 23.0. The Morgan fingerprint density at radius 2 is 0.848 bits per heavy atom. The van der Waals surface area contributed by atoms with E-state index in [-0.39, 0.29) is 26.4 Å². The third-order valence-corrected chi connectivity index (χ3v) is 8.15. The second-order valence-corrected chi connectivity index (χ2v) is 12.6. The van der Waals surface area contributed by atoms with Gasteiger partial charge in [-0.25, -0.2) is 0 Å². The molecule has 0 unspecified atom stereocenters. The highest BCUT2D eigenvalue weighted by Gasteiger charge is 2.55. The molecule has 0 amide bonds. The van der Waals surface area contributed by atoms with Gasteiger partial charge in [0.25, 0.3) is 10.1 Å². The van der Waals surface area contributed by atoms with Gasteiger partial charge in [0.2, 0.25) is 0 Å². The Balaban J connectivity index is 1.57. The van der Waals surface area contributed by atoms with Gasteiger partial charge in [-0.05, 0) is 27.8 Å². The molecule has 0 N–H and O–H groups in total. The van der Waals surface area contributed by atoms with E-state index < -0.39 is 46.7 Å². The predicted octanol–water partition coefficient (Wildman–Crippen LogP) is 6.37. The van der Waals surface area contributed by atoms with Crippen LogP contribution < -0.4 is 0 Å². The summed E-state index contributed by atoms with van der Waals surface area (Å²) < 4.78 is 57.2. The topological polar surface area (TPSA) is 129 Å². The van der Waals surface area contributed by atoms with Crippen molar-refractivity contribution in [2.75, 3.05) is 6.26 Å². The molecule has 0 aromatic heterocycles. The average molecular weight is 644 g/mol. The molecule has 0 radical (unpaired) electrons. The van der Waals surface area contributed by atoms with Gasteiger partial charge in [0, 0.05) is 4.91 Å². The summed E-state index contributed by atoms with van der Waals surface area (Å²) in [5, 5.41) is 4.06. The van der Waals surface area contributed by atoms with Gasteiger partial charge < -0.3 is 18.9 Å². The fourth-order valence-electron chi connectivity index (χ4n) is 5.47. The smallest absolute Gasteiger partial charge is 0.264 e. The van der Waals surface area contributed by atoms with E-state index in [4.69, 9.17) is 23.1 Å². The summed E-state index contributed by atoms with van der Waals surface area (Å²) in [5.41, 5.74) is 13.3. The lowest BCUT2D eigenvalue weighted by Crippen LogP contribution is -2.66. The van der Waals surface area contributed by atoms with Crippen molar-refractivity contribution in [2.45, 2.75) is 63.0 Å². The quantitative estimate of drug-likeness (QED) is 0.0638. The fourth-order valence-corrected chi connectivity index (χ4v) is 6.10. The van der Waals surface area contributed by atoms with Crippen LogP contribution in [0, 0.1) is 0 Å². The van der Waals surface area contributed by atoms with Crippen LogP contribution >= 0.6 is 0 Å². The van der Waals surface area contributed by atoms with Crippen molar-refractivity contribution in [3.8, 4) is 0 Å². The molecule has 11 heteroatoms. The van der Waals surface area contributed by atoms with Gasteiger partial charge in [-0.1, -0.05) is 126 Å². The van der Waals surface area contributed by atoms with Crippen LogP contribution in [0.15, 0.2) is 126 Å². The first kappa shape index (κ1) is 33.3. The van der Waals surface area contributed by atoms with E-state index in [0.29, 0.717) is 0 Å². The maximum Gasteiger partial charge on any atom is 0.264 e. The Morgan fingerprint density at radius 3 is 1.17 bits per heavy atom. The van der Waals surface area contributed by atoms with Crippen LogP contribution in [0.5, 0.6) is 0 Å². The highest BCUT2D eigenvalue weighted by atomic mass is 32.2. The van der Waals surface area contributed by atoms with E-state index in [1.807, 2.05) is 121 Å². The zero-order valence-electron chi connectivity index (χ0n) is 25.4. The first-order valence-corrected chi connectivity index (χ1v) is 16.8. The summed E-state index contributed by atoms with van der Waals surface area (Å²) in [6.45, 7) is 0.615. The zero-order chi connectivity index (χ0) is 32.2. The molecule has 0 heterocycles. The number of rotatable bonds is 15. The van der Waals surface area contributed by atoms with E-state index >= 15 is 0 Å². The molecule has 4 aromatic rings. The summed E-state index contributed by atoms with van der Waals surface area (Å²) in [7, 11) is -4.06. The molecule has 240 valence electrons. The number of benzene rings is 4. The van der Waals surface area contributed by atoms with Crippen LogP contribution in [0.1, 0.15) is 22.3 Å². The summed E-state index contributed by atoms with van der Waals surface area (Å²) in [4.78, 5) is 3.09. The fraction of sp³-hybridized carbons (Fsp3) is 0.314. The van der Waals surface area contributed by atoms with E-state index in [0.717, 1.165) is 28.5 Å². The van der Waals surface area contributed by atoms with Gasteiger partial charge in [-0.15, -0.1) is 0 Å². The van der Waals surface area contributed by atoms with Gasteiger partial charge in [-0.2, -0.15) is 8.42 Å². The van der Waals surface area contributed by atoms with Crippen molar-refractivity contribution < 1.29 is 31.5 Å². The molecule has 1 aliphatic rings. The number of azide groups is 1. The summed E-state index contributed by atoms with van der Waals surface area (Å²) in [6.07, 6.45) is -4.09. The largest absolute Gasteiger partial charge is 0.370 e. The van der Waals surface area contributed by atoms with Crippen LogP contribution in [-0.2, 0) is 59.7 Å². The molecule has 46 heavy (non-hydrogen) atoms. The van der Waals surface area contributed by atoms with Crippen molar-refractivity contribution >= 4 is 10.1 Å². The maximum atomic E-state index is 12.7. The minimum absolute atomic E-state index is 0.115. The van der Waals surface area contributed by atoms with Crippen LogP contribution in [-0.4, -0.2) is 51.2 Å². The van der Waals surface area contributed by atoms with Gasteiger partial charge in [-0.3, -0.25) is 4.18 Å². The highest BCUT2D eigenvalue weighted by molar-refractivity contribution is 7.86. The summed E-state index contributed by atoms with van der Waals surface area (Å²) in [5.74, 6) is 0. The Morgan fingerprint density at radius 1 is 0.543 bits per heavy atom. The standard InChI is InChI=1S/C35H37N3O7S/c1-46(39,40)45-32-30(37-38-36)31(41-22-26-14-6-2-7-15-26)33(42-23-27-16-8-3-9-17-27)35(44-25-29-20-12-5-13-21-29)34(32)43-24-28-18-10-4-11-19-28/h2-21,30-35H,22-25H2,1H3/t30-,31+,32+,33-,34+,35+/m1/s1. The molecule has 4 aromatic carbocycles. The SMILES string of the molecule is CS(=O)(=O)O[C@H]1[C@H](N=[N+]=[N-])[C@H](OCc2ccccc2)[C@@H](OCc2ccccc2)[C@H](OCc2ccccc2)[C@H]1OCc1ccccc1. The van der Waals surface area contributed by atoms with Gasteiger partial charge in [0.1, 0.15) is 24.4 Å². The molecule has 6 atom stereocenters. The van der Waals surface area contributed by atoms with Crippen LogP contribution in [0.2, 0.25) is 0 Å². The van der Waals surface area contributed by atoms with Crippen LogP contribution in [0.25, 0.3) is 10.4 Å². The van der Waals surface area contributed by atoms with Crippen LogP contribution in [0.4, 0.5) is 0 Å². The number of ether oxygens (including phenoxy) is 4. The molecule has 0 saturated heterocycles. The molecule has 1 saturated carbocycles. The maximum absolute atomic E-state index is 12.7. The average Bonchev–Trinajstić information content (AvgIpc) is 3.07. The summed E-state index contributed by atoms with van der Waals surface area (Å²) in [6, 6.07) is 37.0. The monoisotopic (exact) mass is 643 g/mol. The lowest BCUT2D eigenvalue weighted by molar-refractivity contribution is -0.242. The predicted molar refractivity (Wildman–Crippen MR) is 173 cm³/mol. The first-order valence-electron chi connectivity index (χ1n) is 15.0. The Hall–Kier alpha value is -4.06. The Bertz CT molecular complexity index is 1640. The molecule has 0 aliphatic heterocycles. The van der Waals surface area contributed by atoms with Gasteiger partial charge in [0.15, 0.2) is 0 Å². The third kappa shape index (κ3) is 9.48. The molecule has 0 spiro atoms. The third-order valence-electron chi connectivity index (χ3n) is 7.58. The minimum Gasteiger partial charge on any atom is -0.370 e. The summed E-state index contributed by atoms with van der Waals surface area (Å²) >= 11 is 0. The van der Waals surface area contributed by atoms with E-state index in [1.54, 1.807) is 0 Å². The van der Waals surface area contributed by atoms with Crippen molar-refractivity contribution in [1.82, 2.24) is 0 Å². The van der Waals surface area contributed by atoms with Gasteiger partial charge in [0.05, 0.1) is 44.8 Å². The molecule has 1 aliphatic carbocycles. The van der Waals surface area contributed by atoms with Crippen molar-refractivity contribution in [3.05, 3.63) is 154 Å². The van der Waals surface area contributed by atoms with E-state index in [1.165, 1.54) is 0 Å². The molecule has 1 fully saturated rings. The lowest BCUT2D eigenvalue weighted by atomic mass is 9.82. The number of nitrogens with zero attached hydrogens (tertiary/aromatic N) is 3. The molecular formula is C35H37N3O7S. The van der Waals surface area contributed by atoms with E-state index in [9.17, 15) is 13.9 Å². The highest BCUT2D eigenvalue weighted by Crippen LogP contribution is 2.36. The van der Waals surface area contributed by atoms with Crippen molar-refractivity contribution in [1.29, 1.82) is 0 Å². The number of hydrogen-bond acceptors (Lipinski definition) is 8. The Kier molecular flexibility index (Phi) is 11.9. The molecule has 0 bridgehead atoms. The van der Waals surface area contributed by atoms with Crippen LogP contribution in [0.3, 0.4) is 0 Å². The first-order chi connectivity index (χ1) is 22.4. The number of hydrogen-bond donors (Lipinski definition) is 0. The lowest BCUT2D eigenvalue weighted by Gasteiger charge is -2.48. The molecular weight excluding hydrogens is 606 g/mol. The zero-order valence-corrected chi connectivity index (χ0v) is 26.3. The second-order valence-electron chi connectivity index (χ2n) is 11.0. The van der Waals surface area contributed by atoms with Gasteiger partial charge >= 0.3 is 0 Å². The Labute approximate surface area is 269 Å². The molecule has 10 nitrogen and oxygen atoms in total. The van der Waals surface area contributed by atoms with Crippen molar-refractivity contribution in [2.24, 2.45) is 5.11 Å². The molecule has 5 rings (SSSR count). The second kappa shape index (κ2) is 16.5. The van der Waals surface area contributed by atoms with Crippen molar-refractivity contribution in [3.63, 3.8) is 0 Å². The minimum atomic E-state index is -4.06.